The summed E-state index contributed by atoms with van der Waals surface area (Å²) < 4.78 is 11.5. The van der Waals surface area contributed by atoms with Gasteiger partial charge in [0.05, 0.1) is 20.3 Å². The molecule has 6 heteroatoms. The van der Waals surface area contributed by atoms with Crippen molar-refractivity contribution in [3.63, 3.8) is 0 Å². The molecule has 2 rings (SSSR count). The van der Waals surface area contributed by atoms with E-state index in [0.29, 0.717) is 16.5 Å². The van der Waals surface area contributed by atoms with Crippen LogP contribution in [-0.4, -0.2) is 14.2 Å². The van der Waals surface area contributed by atoms with Gasteiger partial charge in [-0.25, -0.2) is 5.43 Å². The maximum absolute atomic E-state index is 6.28. The molecule has 0 aliphatic heterocycles. The molecule has 0 aliphatic carbocycles. The maximum Gasteiger partial charge on any atom is 0.161 e. The molecule has 0 heterocycles. The highest BCUT2D eigenvalue weighted by Crippen LogP contribution is 2.35. The Bertz CT molecular complexity index is 637. The number of nitrogens with two attached hydrogens (primary N) is 1. The van der Waals surface area contributed by atoms with Crippen LogP contribution in [0.4, 0.5) is 0 Å². The van der Waals surface area contributed by atoms with E-state index in [0.717, 1.165) is 15.6 Å². The highest BCUT2D eigenvalue weighted by molar-refractivity contribution is 9.10. The topological polar surface area (TPSA) is 56.5 Å². The third kappa shape index (κ3) is 3.49. The fourth-order valence-corrected chi connectivity index (χ4v) is 2.74. The molecule has 3 N–H and O–H groups in total. The summed E-state index contributed by atoms with van der Waals surface area (Å²) in [6.45, 7) is 0. The Morgan fingerprint density at radius 3 is 2.43 bits per heavy atom. The first-order valence-corrected chi connectivity index (χ1v) is 7.40. The zero-order valence-corrected chi connectivity index (χ0v) is 14.0. The van der Waals surface area contributed by atoms with Crippen molar-refractivity contribution in [2.45, 2.75) is 6.04 Å². The number of benzene rings is 2. The van der Waals surface area contributed by atoms with E-state index in [4.69, 9.17) is 26.9 Å². The van der Waals surface area contributed by atoms with Crippen molar-refractivity contribution in [2.75, 3.05) is 14.2 Å². The number of rotatable bonds is 5. The number of halogens is 2. The van der Waals surface area contributed by atoms with Crippen molar-refractivity contribution in [2.24, 2.45) is 5.84 Å². The van der Waals surface area contributed by atoms with E-state index < -0.39 is 0 Å². The first-order chi connectivity index (χ1) is 10.1. The molecule has 112 valence electrons. The van der Waals surface area contributed by atoms with Crippen molar-refractivity contribution < 1.29 is 9.47 Å². The summed E-state index contributed by atoms with van der Waals surface area (Å²) in [7, 11) is 3.19. The lowest BCUT2D eigenvalue weighted by atomic mass is 9.99. The van der Waals surface area contributed by atoms with Gasteiger partial charge in [-0.3, -0.25) is 5.84 Å². The fraction of sp³-hybridized carbons (Fsp3) is 0.200. The standard InChI is InChI=1S/C15H16BrClN2O2/c1-20-13-6-3-9(7-14(13)21-2)15(19-18)11-8-10(16)4-5-12(11)17/h3-8,15,19H,18H2,1-2H3. The van der Waals surface area contributed by atoms with Crippen LogP contribution in [0.1, 0.15) is 17.2 Å². The Morgan fingerprint density at radius 1 is 1.10 bits per heavy atom. The molecule has 0 spiro atoms. The first-order valence-electron chi connectivity index (χ1n) is 6.23. The fourth-order valence-electron chi connectivity index (χ4n) is 2.13. The Hall–Kier alpha value is -1.27. The van der Waals surface area contributed by atoms with Gasteiger partial charge in [0.1, 0.15) is 0 Å². The third-order valence-electron chi connectivity index (χ3n) is 3.18. The molecule has 0 saturated heterocycles. The van der Waals surface area contributed by atoms with E-state index in [1.165, 1.54) is 0 Å². The van der Waals surface area contributed by atoms with Crippen LogP contribution in [0.3, 0.4) is 0 Å². The molecular formula is C15H16BrClN2O2. The maximum atomic E-state index is 6.28. The zero-order valence-electron chi connectivity index (χ0n) is 11.7. The summed E-state index contributed by atoms with van der Waals surface area (Å²) >= 11 is 9.72. The van der Waals surface area contributed by atoms with Crippen LogP contribution in [0.5, 0.6) is 11.5 Å². The number of hydrogen-bond donors (Lipinski definition) is 2. The predicted octanol–water partition coefficient (Wildman–Crippen LogP) is 3.67. The van der Waals surface area contributed by atoms with Crippen LogP contribution in [0, 0.1) is 0 Å². The van der Waals surface area contributed by atoms with Crippen molar-refractivity contribution >= 4 is 27.5 Å². The summed E-state index contributed by atoms with van der Waals surface area (Å²) in [6.07, 6.45) is 0. The average Bonchev–Trinajstić information content (AvgIpc) is 2.51. The molecular weight excluding hydrogens is 356 g/mol. The lowest BCUT2D eigenvalue weighted by Gasteiger charge is -2.20. The van der Waals surface area contributed by atoms with Crippen molar-refractivity contribution in [1.82, 2.24) is 5.43 Å². The largest absolute Gasteiger partial charge is 0.493 e. The van der Waals surface area contributed by atoms with Gasteiger partial charge in [0.2, 0.25) is 0 Å². The summed E-state index contributed by atoms with van der Waals surface area (Å²) in [6, 6.07) is 11.0. The Balaban J connectivity index is 2.48. The van der Waals surface area contributed by atoms with Crippen LogP contribution < -0.4 is 20.7 Å². The van der Waals surface area contributed by atoms with E-state index in [9.17, 15) is 0 Å². The van der Waals surface area contributed by atoms with Crippen LogP contribution >= 0.6 is 27.5 Å². The van der Waals surface area contributed by atoms with Crippen molar-refractivity contribution in [3.05, 3.63) is 57.0 Å². The number of hydrazine groups is 1. The molecule has 0 bridgehead atoms. The highest BCUT2D eigenvalue weighted by Gasteiger charge is 2.18. The zero-order chi connectivity index (χ0) is 15.4. The minimum atomic E-state index is -0.255. The second-order valence-electron chi connectivity index (χ2n) is 4.38. The second-order valence-corrected chi connectivity index (χ2v) is 5.70. The molecule has 1 atom stereocenters. The minimum Gasteiger partial charge on any atom is -0.493 e. The summed E-state index contributed by atoms with van der Waals surface area (Å²) in [4.78, 5) is 0. The number of hydrogen-bond acceptors (Lipinski definition) is 4. The molecule has 0 aromatic heterocycles. The lowest BCUT2D eigenvalue weighted by Crippen LogP contribution is -2.29. The van der Waals surface area contributed by atoms with Gasteiger partial charge in [0.25, 0.3) is 0 Å². The molecule has 2 aromatic rings. The summed E-state index contributed by atoms with van der Waals surface area (Å²) in [5.41, 5.74) is 4.59. The number of ether oxygens (including phenoxy) is 2. The molecule has 2 aromatic carbocycles. The molecule has 0 amide bonds. The van der Waals surface area contributed by atoms with E-state index in [1.807, 2.05) is 36.4 Å². The molecule has 21 heavy (non-hydrogen) atoms. The van der Waals surface area contributed by atoms with Crippen molar-refractivity contribution in [1.29, 1.82) is 0 Å². The smallest absolute Gasteiger partial charge is 0.161 e. The van der Waals surface area contributed by atoms with Gasteiger partial charge in [-0.15, -0.1) is 0 Å². The Morgan fingerprint density at radius 2 is 1.81 bits per heavy atom. The van der Waals surface area contributed by atoms with E-state index >= 15 is 0 Å². The van der Waals surface area contributed by atoms with Crippen LogP contribution in [0.25, 0.3) is 0 Å². The van der Waals surface area contributed by atoms with Crippen LogP contribution in [-0.2, 0) is 0 Å². The highest BCUT2D eigenvalue weighted by atomic mass is 79.9. The molecule has 4 nitrogen and oxygen atoms in total. The Kier molecular flexibility index (Phi) is 5.47. The second kappa shape index (κ2) is 7.13. The monoisotopic (exact) mass is 370 g/mol. The predicted molar refractivity (Wildman–Crippen MR) is 87.9 cm³/mol. The van der Waals surface area contributed by atoms with Crippen LogP contribution in [0.2, 0.25) is 5.02 Å². The van der Waals surface area contributed by atoms with Gasteiger partial charge < -0.3 is 9.47 Å². The van der Waals surface area contributed by atoms with Crippen molar-refractivity contribution in [3.8, 4) is 11.5 Å². The van der Waals surface area contributed by atoms with Crippen LogP contribution in [0.15, 0.2) is 40.9 Å². The van der Waals surface area contributed by atoms with Gasteiger partial charge >= 0.3 is 0 Å². The van der Waals surface area contributed by atoms with Gasteiger partial charge in [-0.1, -0.05) is 33.6 Å². The quantitative estimate of drug-likeness (QED) is 0.622. The molecule has 0 aliphatic rings. The van der Waals surface area contributed by atoms with Gasteiger partial charge in [-0.2, -0.15) is 0 Å². The first kappa shape index (κ1) is 16.1. The molecule has 1 unspecified atom stereocenters. The molecule has 0 fully saturated rings. The summed E-state index contributed by atoms with van der Waals surface area (Å²) in [5, 5.41) is 0.635. The molecule has 0 radical (unpaired) electrons. The number of nitrogens with one attached hydrogen (secondary N) is 1. The van der Waals surface area contributed by atoms with E-state index in [-0.39, 0.29) is 6.04 Å². The van der Waals surface area contributed by atoms with Gasteiger partial charge in [-0.05, 0) is 41.5 Å². The number of methoxy groups -OCH3 is 2. The average molecular weight is 372 g/mol. The van der Waals surface area contributed by atoms with Gasteiger partial charge in [0.15, 0.2) is 11.5 Å². The normalized spacial score (nSPS) is 12.0. The molecule has 0 saturated carbocycles. The Labute approximate surface area is 137 Å². The summed E-state index contributed by atoms with van der Waals surface area (Å²) in [5.74, 6) is 7.03. The van der Waals surface area contributed by atoms with Gasteiger partial charge in [0, 0.05) is 9.50 Å². The van der Waals surface area contributed by atoms with E-state index in [1.54, 1.807) is 14.2 Å². The SMILES string of the molecule is COc1ccc(C(NN)c2cc(Br)ccc2Cl)cc1OC. The van der Waals surface area contributed by atoms with E-state index in [2.05, 4.69) is 21.4 Å². The lowest BCUT2D eigenvalue weighted by molar-refractivity contribution is 0.354. The minimum absolute atomic E-state index is 0.255. The third-order valence-corrected chi connectivity index (χ3v) is 4.01.